The van der Waals surface area contributed by atoms with Crippen molar-refractivity contribution >= 4 is 21.6 Å². The lowest BCUT2D eigenvalue weighted by Crippen LogP contribution is -2.41. The maximum absolute atomic E-state index is 12.8. The summed E-state index contributed by atoms with van der Waals surface area (Å²) in [6.45, 7) is -2.04. The molecule has 1 rings (SSSR count). The van der Waals surface area contributed by atoms with Gasteiger partial charge in [-0.15, -0.1) is 0 Å². The van der Waals surface area contributed by atoms with Crippen LogP contribution in [-0.2, 0) is 17.1 Å². The first-order chi connectivity index (χ1) is 7.69. The summed E-state index contributed by atoms with van der Waals surface area (Å²) >= 11 is 5.60. The minimum atomic E-state index is -4.14. The van der Waals surface area contributed by atoms with E-state index < -0.39 is 29.0 Å². The molecule has 1 aromatic rings. The molecule has 0 amide bonds. The summed E-state index contributed by atoms with van der Waals surface area (Å²) in [4.78, 5) is 0. The lowest BCUT2D eigenvalue weighted by molar-refractivity contribution is 0.0170. The second kappa shape index (κ2) is 4.84. The van der Waals surface area contributed by atoms with E-state index in [-0.39, 0.29) is 10.0 Å². The highest BCUT2D eigenvalue weighted by atomic mass is 35.5. The van der Waals surface area contributed by atoms with Crippen LogP contribution in [0.3, 0.4) is 0 Å². The van der Waals surface area contributed by atoms with Crippen LogP contribution in [0.1, 0.15) is 0 Å². The summed E-state index contributed by atoms with van der Waals surface area (Å²) in [5.74, 6) is -3.31. The van der Waals surface area contributed by atoms with Gasteiger partial charge in [0, 0.05) is 7.05 Å². The van der Waals surface area contributed by atoms with E-state index in [0.29, 0.717) is 0 Å². The molecular weight excluding hydrogens is 278 g/mol. The zero-order valence-corrected chi connectivity index (χ0v) is 10.4. The molecular formula is C7H11ClF2N4O2S. The molecule has 0 saturated carbocycles. The summed E-state index contributed by atoms with van der Waals surface area (Å²) in [5, 5.41) is 3.09. The van der Waals surface area contributed by atoms with Gasteiger partial charge in [-0.1, -0.05) is 11.6 Å². The second-order valence-electron chi connectivity index (χ2n) is 3.31. The third-order valence-electron chi connectivity index (χ3n) is 1.92. The Morgan fingerprint density at radius 3 is 2.65 bits per heavy atom. The molecule has 0 aliphatic carbocycles. The molecule has 0 radical (unpaired) electrons. The number of alkyl halides is 2. The molecule has 17 heavy (non-hydrogen) atoms. The van der Waals surface area contributed by atoms with Gasteiger partial charge in [0.1, 0.15) is 0 Å². The van der Waals surface area contributed by atoms with Crippen LogP contribution in [0, 0.1) is 0 Å². The monoisotopic (exact) mass is 288 g/mol. The predicted octanol–water partition coefficient (Wildman–Crippen LogP) is -0.0542. The lowest BCUT2D eigenvalue weighted by atomic mass is 10.3. The molecule has 1 aromatic heterocycles. The molecule has 3 N–H and O–H groups in total. The van der Waals surface area contributed by atoms with Gasteiger partial charge in [0.2, 0.25) is 0 Å². The number of rotatable bonds is 5. The Morgan fingerprint density at radius 1 is 1.65 bits per heavy atom. The lowest BCUT2D eigenvalue weighted by Gasteiger charge is -2.14. The smallest absolute Gasteiger partial charge is 0.273 e. The highest BCUT2D eigenvalue weighted by Crippen LogP contribution is 2.20. The molecule has 0 aromatic carbocycles. The number of nitrogens with zero attached hydrogens (tertiary/aromatic N) is 2. The van der Waals surface area contributed by atoms with Gasteiger partial charge in [-0.05, 0) is 0 Å². The van der Waals surface area contributed by atoms with Crippen molar-refractivity contribution in [2.75, 3.05) is 13.1 Å². The fourth-order valence-corrected chi connectivity index (χ4v) is 2.76. The first-order valence-corrected chi connectivity index (χ1v) is 6.31. The van der Waals surface area contributed by atoms with Crippen LogP contribution in [0.4, 0.5) is 8.78 Å². The van der Waals surface area contributed by atoms with E-state index in [0.717, 1.165) is 10.9 Å². The van der Waals surface area contributed by atoms with E-state index in [9.17, 15) is 17.2 Å². The van der Waals surface area contributed by atoms with Crippen LogP contribution in [0.2, 0.25) is 5.02 Å². The van der Waals surface area contributed by atoms with Gasteiger partial charge in [-0.3, -0.25) is 4.68 Å². The van der Waals surface area contributed by atoms with E-state index in [1.165, 1.54) is 7.05 Å². The second-order valence-corrected chi connectivity index (χ2v) is 5.40. The van der Waals surface area contributed by atoms with Crippen LogP contribution in [-0.4, -0.2) is 37.2 Å². The Kier molecular flexibility index (Phi) is 4.07. The number of aryl methyl sites for hydroxylation is 1. The van der Waals surface area contributed by atoms with Gasteiger partial charge < -0.3 is 5.73 Å². The summed E-state index contributed by atoms with van der Waals surface area (Å²) < 4.78 is 51.7. The molecule has 0 atom stereocenters. The first-order valence-electron chi connectivity index (χ1n) is 4.45. The van der Waals surface area contributed by atoms with Gasteiger partial charge in [-0.2, -0.15) is 5.10 Å². The fourth-order valence-electron chi connectivity index (χ4n) is 1.04. The number of hydrogen-bond acceptors (Lipinski definition) is 4. The number of aromatic nitrogens is 2. The Labute approximate surface area is 102 Å². The maximum Gasteiger partial charge on any atom is 0.273 e. The summed E-state index contributed by atoms with van der Waals surface area (Å²) in [6.07, 6.45) is 1.11. The Hall–Kier alpha value is -0.770. The third kappa shape index (κ3) is 3.35. The Bertz CT molecular complexity index is 482. The predicted molar refractivity (Wildman–Crippen MR) is 57.4 cm³/mol. The third-order valence-corrected chi connectivity index (χ3v) is 3.82. The molecule has 0 bridgehead atoms. The minimum Gasteiger partial charge on any atom is -0.325 e. The van der Waals surface area contributed by atoms with E-state index in [1.54, 1.807) is 4.72 Å². The molecule has 6 nitrogen and oxygen atoms in total. The highest BCUT2D eigenvalue weighted by Gasteiger charge is 2.31. The van der Waals surface area contributed by atoms with E-state index in [4.69, 9.17) is 17.3 Å². The highest BCUT2D eigenvalue weighted by molar-refractivity contribution is 7.89. The standard InChI is InChI=1S/C7H11ClF2N4O2S/c1-14-6(5(8)2-12-14)17(15,16)13-4-7(9,10)3-11/h2,13H,3-4,11H2,1H3. The molecule has 98 valence electrons. The normalized spacial score (nSPS) is 13.0. The summed E-state index contributed by atoms with van der Waals surface area (Å²) in [5.41, 5.74) is 4.79. The van der Waals surface area contributed by atoms with Gasteiger partial charge in [0.05, 0.1) is 24.3 Å². The zero-order chi connectivity index (χ0) is 13.3. The van der Waals surface area contributed by atoms with Crippen molar-refractivity contribution in [1.29, 1.82) is 0 Å². The number of nitrogens with one attached hydrogen (secondary N) is 1. The fraction of sp³-hybridized carbons (Fsp3) is 0.571. The number of hydrogen-bond donors (Lipinski definition) is 2. The van der Waals surface area contributed by atoms with Crippen molar-refractivity contribution in [2.45, 2.75) is 10.9 Å². The van der Waals surface area contributed by atoms with Crippen LogP contribution in [0.5, 0.6) is 0 Å². The zero-order valence-electron chi connectivity index (χ0n) is 8.82. The van der Waals surface area contributed by atoms with Crippen molar-refractivity contribution in [2.24, 2.45) is 12.8 Å². The number of nitrogens with two attached hydrogens (primary N) is 1. The largest absolute Gasteiger partial charge is 0.325 e. The molecule has 0 saturated heterocycles. The molecule has 0 aliphatic heterocycles. The van der Waals surface area contributed by atoms with Crippen molar-refractivity contribution < 1.29 is 17.2 Å². The number of halogens is 3. The molecule has 0 aliphatic rings. The average molecular weight is 289 g/mol. The van der Waals surface area contributed by atoms with Gasteiger partial charge in [-0.25, -0.2) is 21.9 Å². The van der Waals surface area contributed by atoms with Gasteiger partial charge >= 0.3 is 0 Å². The maximum atomic E-state index is 12.8. The van der Waals surface area contributed by atoms with Crippen LogP contribution < -0.4 is 10.5 Å². The topological polar surface area (TPSA) is 90.0 Å². The number of sulfonamides is 1. The molecule has 1 heterocycles. The first kappa shape index (κ1) is 14.3. The van der Waals surface area contributed by atoms with Crippen molar-refractivity contribution in [3.8, 4) is 0 Å². The van der Waals surface area contributed by atoms with Gasteiger partial charge in [0.25, 0.3) is 15.9 Å². The quantitative estimate of drug-likeness (QED) is 0.795. The average Bonchev–Trinajstić information content (AvgIpc) is 2.57. The molecule has 0 fully saturated rings. The van der Waals surface area contributed by atoms with Crippen molar-refractivity contribution in [3.05, 3.63) is 11.2 Å². The SMILES string of the molecule is Cn1ncc(Cl)c1S(=O)(=O)NCC(F)(F)CN. The molecule has 0 spiro atoms. The molecule has 0 unspecified atom stereocenters. The van der Waals surface area contributed by atoms with Crippen LogP contribution >= 0.6 is 11.6 Å². The summed E-state index contributed by atoms with van der Waals surface area (Å²) in [7, 11) is -2.80. The van der Waals surface area contributed by atoms with Crippen LogP contribution in [0.15, 0.2) is 11.2 Å². The van der Waals surface area contributed by atoms with E-state index in [1.807, 2.05) is 0 Å². The van der Waals surface area contributed by atoms with Crippen LogP contribution in [0.25, 0.3) is 0 Å². The minimum absolute atomic E-state index is 0.143. The Morgan fingerprint density at radius 2 is 2.24 bits per heavy atom. The summed E-state index contributed by atoms with van der Waals surface area (Å²) in [6, 6.07) is 0. The Balaban J connectivity index is 2.91. The van der Waals surface area contributed by atoms with Crippen molar-refractivity contribution in [1.82, 2.24) is 14.5 Å². The van der Waals surface area contributed by atoms with Gasteiger partial charge in [0.15, 0.2) is 5.03 Å². The van der Waals surface area contributed by atoms with E-state index >= 15 is 0 Å². The van der Waals surface area contributed by atoms with E-state index in [2.05, 4.69) is 5.10 Å². The van der Waals surface area contributed by atoms with Crippen molar-refractivity contribution in [3.63, 3.8) is 0 Å². The molecule has 10 heteroatoms.